The molecule has 0 saturated heterocycles. The molecule has 0 aliphatic rings. The Labute approximate surface area is 128 Å². The number of unbranched alkanes of at least 4 members (excludes halogenated alkanes) is 1. The minimum atomic E-state index is -0.610. The predicted octanol–water partition coefficient (Wildman–Crippen LogP) is 3.11. The summed E-state index contributed by atoms with van der Waals surface area (Å²) in [6.07, 6.45) is 1.42. The van der Waals surface area contributed by atoms with E-state index in [9.17, 15) is 9.90 Å². The smallest absolute Gasteiger partial charge is 0.341 e. The number of carbonyl (C=O) groups is 1. The van der Waals surface area contributed by atoms with Crippen LogP contribution in [0.2, 0.25) is 0 Å². The summed E-state index contributed by atoms with van der Waals surface area (Å²) in [7, 11) is 0. The van der Waals surface area contributed by atoms with Crippen LogP contribution in [0.25, 0.3) is 0 Å². The average Bonchev–Trinajstić information content (AvgIpc) is 2.51. The number of rotatable bonds is 7. The van der Waals surface area contributed by atoms with Gasteiger partial charge in [0.2, 0.25) is 0 Å². The van der Waals surface area contributed by atoms with Gasteiger partial charge in [-0.3, -0.25) is 0 Å². The summed E-state index contributed by atoms with van der Waals surface area (Å²) in [5.74, 6) is -0.195. The molecule has 5 heteroatoms. The molecule has 2 N–H and O–H groups in total. The van der Waals surface area contributed by atoms with Gasteiger partial charge in [0.15, 0.2) is 0 Å². The molecule has 0 fully saturated rings. The fraction of sp³-hybridized carbons (Fsp3) is 0.235. The highest BCUT2D eigenvalue weighted by Gasteiger charge is 2.12. The molecule has 0 aromatic heterocycles. The third-order valence-electron chi connectivity index (χ3n) is 2.98. The van der Waals surface area contributed by atoms with Crippen LogP contribution in [0, 0.1) is 0 Å². The van der Waals surface area contributed by atoms with E-state index in [-0.39, 0.29) is 23.7 Å². The molecule has 2 aromatic carbocycles. The highest BCUT2D eigenvalue weighted by atomic mass is 16.5. The Kier molecular flexibility index (Phi) is 5.65. The monoisotopic (exact) mass is 302 g/mol. The van der Waals surface area contributed by atoms with Crippen LogP contribution in [0.5, 0.6) is 17.2 Å². The van der Waals surface area contributed by atoms with Gasteiger partial charge in [-0.2, -0.15) is 0 Å². The molecule has 116 valence electrons. The molecule has 0 amide bonds. The van der Waals surface area contributed by atoms with E-state index < -0.39 is 5.97 Å². The Morgan fingerprint density at radius 1 is 0.955 bits per heavy atom. The van der Waals surface area contributed by atoms with E-state index in [0.717, 1.165) is 18.2 Å². The van der Waals surface area contributed by atoms with E-state index in [2.05, 4.69) is 0 Å². The van der Waals surface area contributed by atoms with E-state index in [0.29, 0.717) is 13.0 Å². The van der Waals surface area contributed by atoms with Gasteiger partial charge >= 0.3 is 5.97 Å². The van der Waals surface area contributed by atoms with Crippen molar-refractivity contribution < 1.29 is 24.5 Å². The molecule has 0 atom stereocenters. The molecule has 0 aliphatic heterocycles. The van der Waals surface area contributed by atoms with Crippen molar-refractivity contribution in [1.29, 1.82) is 0 Å². The maximum Gasteiger partial charge on any atom is 0.341 e. The van der Waals surface area contributed by atoms with Gasteiger partial charge in [0.1, 0.15) is 22.8 Å². The largest absolute Gasteiger partial charge is 0.508 e. The second-order valence-corrected chi connectivity index (χ2v) is 4.71. The van der Waals surface area contributed by atoms with Crippen molar-refractivity contribution in [3.63, 3.8) is 0 Å². The van der Waals surface area contributed by atoms with Crippen molar-refractivity contribution in [3.05, 3.63) is 54.1 Å². The summed E-state index contributed by atoms with van der Waals surface area (Å²) in [6, 6.07) is 13.2. The summed E-state index contributed by atoms with van der Waals surface area (Å²) in [4.78, 5) is 11.7. The zero-order valence-corrected chi connectivity index (χ0v) is 12.1. The quantitative estimate of drug-likeness (QED) is 0.607. The van der Waals surface area contributed by atoms with Gasteiger partial charge in [0, 0.05) is 6.07 Å². The molecule has 0 aliphatic carbocycles. The second-order valence-electron chi connectivity index (χ2n) is 4.71. The van der Waals surface area contributed by atoms with E-state index in [1.165, 1.54) is 12.1 Å². The number of para-hydroxylation sites is 1. The van der Waals surface area contributed by atoms with Crippen molar-refractivity contribution in [2.45, 2.75) is 12.8 Å². The Morgan fingerprint density at radius 3 is 2.41 bits per heavy atom. The first-order valence-corrected chi connectivity index (χ1v) is 7.04. The summed E-state index contributed by atoms with van der Waals surface area (Å²) >= 11 is 0. The molecule has 2 rings (SSSR count). The number of aromatic hydroxyl groups is 2. The number of ether oxygens (including phenoxy) is 2. The average molecular weight is 302 g/mol. The first kappa shape index (κ1) is 15.7. The van der Waals surface area contributed by atoms with Crippen molar-refractivity contribution in [1.82, 2.24) is 0 Å². The minimum Gasteiger partial charge on any atom is -0.508 e. The SMILES string of the molecule is O=C(OCCCCOc1ccccc1)c1ccc(O)cc1O. The molecule has 0 radical (unpaired) electrons. The minimum absolute atomic E-state index is 0.0401. The molecule has 2 aromatic rings. The molecule has 0 unspecified atom stereocenters. The molecular weight excluding hydrogens is 284 g/mol. The Hall–Kier alpha value is -2.69. The number of phenolic OH excluding ortho intramolecular Hbond substituents is 2. The fourth-order valence-electron chi connectivity index (χ4n) is 1.85. The van der Waals surface area contributed by atoms with Gasteiger partial charge < -0.3 is 19.7 Å². The predicted molar refractivity (Wildman–Crippen MR) is 81.2 cm³/mol. The van der Waals surface area contributed by atoms with E-state index >= 15 is 0 Å². The molecule has 5 nitrogen and oxygen atoms in total. The van der Waals surface area contributed by atoms with Crippen molar-refractivity contribution in [3.8, 4) is 17.2 Å². The van der Waals surface area contributed by atoms with Crippen LogP contribution < -0.4 is 4.74 Å². The van der Waals surface area contributed by atoms with Crippen LogP contribution in [0.3, 0.4) is 0 Å². The lowest BCUT2D eigenvalue weighted by molar-refractivity contribution is 0.0490. The lowest BCUT2D eigenvalue weighted by Crippen LogP contribution is -2.08. The summed E-state index contributed by atoms with van der Waals surface area (Å²) in [5, 5.41) is 18.7. The van der Waals surface area contributed by atoms with Gasteiger partial charge in [0.25, 0.3) is 0 Å². The van der Waals surface area contributed by atoms with E-state index in [4.69, 9.17) is 14.6 Å². The molecule has 0 bridgehead atoms. The molecular formula is C17H18O5. The fourth-order valence-corrected chi connectivity index (χ4v) is 1.85. The van der Waals surface area contributed by atoms with Crippen molar-refractivity contribution >= 4 is 5.97 Å². The standard InChI is InChI=1S/C17H18O5/c18-13-8-9-15(16(19)12-13)17(20)22-11-5-4-10-21-14-6-2-1-3-7-14/h1-3,6-9,12,18-19H,4-5,10-11H2. The normalized spacial score (nSPS) is 10.2. The zero-order valence-electron chi connectivity index (χ0n) is 12.1. The zero-order chi connectivity index (χ0) is 15.8. The summed E-state index contributed by atoms with van der Waals surface area (Å²) in [5.41, 5.74) is 0.0401. The Morgan fingerprint density at radius 2 is 1.68 bits per heavy atom. The number of carbonyl (C=O) groups excluding carboxylic acids is 1. The van der Waals surface area contributed by atoms with Crippen LogP contribution >= 0.6 is 0 Å². The van der Waals surface area contributed by atoms with Crippen LogP contribution in [0.4, 0.5) is 0 Å². The van der Waals surface area contributed by atoms with Gasteiger partial charge in [-0.15, -0.1) is 0 Å². The van der Waals surface area contributed by atoms with Crippen LogP contribution in [0.1, 0.15) is 23.2 Å². The maximum atomic E-state index is 11.7. The highest BCUT2D eigenvalue weighted by Crippen LogP contribution is 2.23. The van der Waals surface area contributed by atoms with Gasteiger partial charge in [-0.1, -0.05) is 18.2 Å². The lowest BCUT2D eigenvalue weighted by Gasteiger charge is -2.08. The van der Waals surface area contributed by atoms with Gasteiger partial charge in [-0.25, -0.2) is 4.79 Å². The molecule has 0 heterocycles. The second kappa shape index (κ2) is 7.93. The number of phenols is 2. The summed E-state index contributed by atoms with van der Waals surface area (Å²) < 4.78 is 10.6. The third-order valence-corrected chi connectivity index (χ3v) is 2.98. The first-order valence-electron chi connectivity index (χ1n) is 7.04. The highest BCUT2D eigenvalue weighted by molar-refractivity contribution is 5.92. The third kappa shape index (κ3) is 4.70. The van der Waals surface area contributed by atoms with E-state index in [1.54, 1.807) is 0 Å². The Balaban J connectivity index is 1.65. The topological polar surface area (TPSA) is 76.0 Å². The van der Waals surface area contributed by atoms with Gasteiger partial charge in [-0.05, 0) is 37.1 Å². The van der Waals surface area contributed by atoms with Gasteiger partial charge in [0.05, 0.1) is 13.2 Å². The molecule has 22 heavy (non-hydrogen) atoms. The van der Waals surface area contributed by atoms with Crippen LogP contribution in [-0.4, -0.2) is 29.4 Å². The van der Waals surface area contributed by atoms with Crippen molar-refractivity contribution in [2.75, 3.05) is 13.2 Å². The van der Waals surface area contributed by atoms with Crippen LogP contribution in [0.15, 0.2) is 48.5 Å². The first-order chi connectivity index (χ1) is 10.7. The number of esters is 1. The number of benzene rings is 2. The van der Waals surface area contributed by atoms with Crippen molar-refractivity contribution in [2.24, 2.45) is 0 Å². The van der Waals surface area contributed by atoms with E-state index in [1.807, 2.05) is 30.3 Å². The Bertz CT molecular complexity index is 610. The molecule has 0 saturated carbocycles. The summed E-state index contributed by atoms with van der Waals surface area (Å²) in [6.45, 7) is 0.795. The molecule has 0 spiro atoms. The number of hydrogen-bond acceptors (Lipinski definition) is 5. The maximum absolute atomic E-state index is 11.7. The van der Waals surface area contributed by atoms with Crippen LogP contribution in [-0.2, 0) is 4.74 Å². The lowest BCUT2D eigenvalue weighted by atomic mass is 10.2. The number of hydrogen-bond donors (Lipinski definition) is 2.